The van der Waals surface area contributed by atoms with E-state index in [1.165, 1.54) is 6.92 Å². The Balaban J connectivity index is 1.61. The highest BCUT2D eigenvalue weighted by atomic mass is 35.5. The van der Waals surface area contributed by atoms with Crippen molar-refractivity contribution < 1.29 is 14.4 Å². The molecule has 0 radical (unpaired) electrons. The topological polar surface area (TPSA) is 78.5 Å². The van der Waals surface area contributed by atoms with Gasteiger partial charge in [-0.25, -0.2) is 0 Å². The van der Waals surface area contributed by atoms with Crippen molar-refractivity contribution in [1.29, 1.82) is 0 Å². The molecular weight excluding hydrogens is 354 g/mol. The van der Waals surface area contributed by atoms with Crippen LogP contribution in [0, 0.1) is 5.92 Å². The van der Waals surface area contributed by atoms with Crippen molar-refractivity contribution in [2.45, 2.75) is 32.6 Å². The molecule has 0 bridgehead atoms. The van der Waals surface area contributed by atoms with Crippen molar-refractivity contribution in [1.82, 2.24) is 15.5 Å². The summed E-state index contributed by atoms with van der Waals surface area (Å²) in [7, 11) is 0. The Kier molecular flexibility index (Phi) is 7.91. The molecule has 1 aromatic carbocycles. The molecule has 2 rings (SSSR count). The number of halogens is 1. The Bertz CT molecular complexity index is 625. The average molecular weight is 380 g/mol. The first-order chi connectivity index (χ1) is 12.5. The summed E-state index contributed by atoms with van der Waals surface area (Å²) in [5.74, 6) is 0.405. The number of benzene rings is 1. The van der Waals surface area contributed by atoms with Gasteiger partial charge in [0.05, 0.1) is 0 Å². The second-order valence-corrected chi connectivity index (χ2v) is 7.06. The number of nitrogens with zero attached hydrogens (tertiary/aromatic N) is 1. The van der Waals surface area contributed by atoms with Gasteiger partial charge in [0, 0.05) is 50.1 Å². The van der Waals surface area contributed by atoms with Crippen LogP contribution in [0.1, 0.15) is 43.0 Å². The lowest BCUT2D eigenvalue weighted by atomic mass is 9.96. The van der Waals surface area contributed by atoms with Crippen molar-refractivity contribution in [2.75, 3.05) is 26.2 Å². The molecule has 1 aromatic rings. The number of piperidine rings is 1. The molecule has 0 spiro atoms. The molecular formula is C19H26ClN3O3. The van der Waals surface area contributed by atoms with Crippen LogP contribution in [0.15, 0.2) is 24.3 Å². The van der Waals surface area contributed by atoms with E-state index in [1.807, 2.05) is 4.90 Å². The lowest BCUT2D eigenvalue weighted by molar-refractivity contribution is -0.132. The summed E-state index contributed by atoms with van der Waals surface area (Å²) < 4.78 is 0. The zero-order chi connectivity index (χ0) is 18.9. The van der Waals surface area contributed by atoms with E-state index in [9.17, 15) is 14.4 Å². The van der Waals surface area contributed by atoms with E-state index < -0.39 is 0 Å². The van der Waals surface area contributed by atoms with Crippen LogP contribution in [0.3, 0.4) is 0 Å². The summed E-state index contributed by atoms with van der Waals surface area (Å²) in [6, 6.07) is 6.70. The quantitative estimate of drug-likeness (QED) is 0.713. The second-order valence-electron chi connectivity index (χ2n) is 6.63. The largest absolute Gasteiger partial charge is 0.356 e. The smallest absolute Gasteiger partial charge is 0.251 e. The van der Waals surface area contributed by atoms with Crippen LogP contribution in [-0.4, -0.2) is 48.8 Å². The number of carbonyl (C=O) groups excluding carboxylic acids is 3. The molecule has 2 N–H and O–H groups in total. The van der Waals surface area contributed by atoms with E-state index in [0.29, 0.717) is 42.4 Å². The highest BCUT2D eigenvalue weighted by Gasteiger charge is 2.22. The number of rotatable bonds is 7. The minimum absolute atomic E-state index is 0.0100. The van der Waals surface area contributed by atoms with Crippen LogP contribution in [0.2, 0.25) is 5.02 Å². The molecule has 3 amide bonds. The Hall–Kier alpha value is -2.08. The van der Waals surface area contributed by atoms with E-state index in [2.05, 4.69) is 10.6 Å². The molecule has 0 atom stereocenters. The van der Waals surface area contributed by atoms with Crippen LogP contribution >= 0.6 is 11.6 Å². The van der Waals surface area contributed by atoms with Crippen molar-refractivity contribution in [3.63, 3.8) is 0 Å². The monoisotopic (exact) mass is 379 g/mol. The summed E-state index contributed by atoms with van der Waals surface area (Å²) in [6.45, 7) is 4.14. The van der Waals surface area contributed by atoms with Gasteiger partial charge in [0.25, 0.3) is 5.91 Å². The number of hydrogen-bond donors (Lipinski definition) is 2. The lowest BCUT2D eigenvalue weighted by Crippen LogP contribution is -2.41. The standard InChI is InChI=1S/C19H26ClN3O3/c1-14(24)22-13-15-8-11-23(12-9-15)18(25)3-2-10-21-19(26)16-4-6-17(20)7-5-16/h4-7,15H,2-3,8-13H2,1H3,(H,21,26)(H,22,24). The molecule has 1 aliphatic rings. The Morgan fingerprint density at radius 1 is 1.12 bits per heavy atom. The van der Waals surface area contributed by atoms with Crippen LogP contribution in [-0.2, 0) is 9.59 Å². The predicted molar refractivity (Wildman–Crippen MR) is 101 cm³/mol. The van der Waals surface area contributed by atoms with Gasteiger partial charge in [0.2, 0.25) is 11.8 Å². The predicted octanol–water partition coefficient (Wildman–Crippen LogP) is 2.22. The maximum atomic E-state index is 12.3. The Morgan fingerprint density at radius 3 is 2.38 bits per heavy atom. The normalized spacial score (nSPS) is 14.8. The van der Waals surface area contributed by atoms with Crippen molar-refractivity contribution in [3.05, 3.63) is 34.9 Å². The zero-order valence-corrected chi connectivity index (χ0v) is 15.8. The number of carbonyl (C=O) groups is 3. The van der Waals surface area contributed by atoms with Crippen LogP contribution in [0.5, 0.6) is 0 Å². The van der Waals surface area contributed by atoms with Gasteiger partial charge in [-0.05, 0) is 49.4 Å². The van der Waals surface area contributed by atoms with Crippen molar-refractivity contribution >= 4 is 29.3 Å². The van der Waals surface area contributed by atoms with Gasteiger partial charge in [-0.2, -0.15) is 0 Å². The minimum Gasteiger partial charge on any atom is -0.356 e. The molecule has 1 aliphatic heterocycles. The summed E-state index contributed by atoms with van der Waals surface area (Å²) >= 11 is 5.80. The molecule has 0 aliphatic carbocycles. The summed E-state index contributed by atoms with van der Waals surface area (Å²) in [5.41, 5.74) is 0.557. The van der Waals surface area contributed by atoms with Crippen molar-refractivity contribution in [2.24, 2.45) is 5.92 Å². The van der Waals surface area contributed by atoms with Gasteiger partial charge >= 0.3 is 0 Å². The van der Waals surface area contributed by atoms with Gasteiger partial charge in [-0.15, -0.1) is 0 Å². The van der Waals surface area contributed by atoms with E-state index >= 15 is 0 Å². The first-order valence-corrected chi connectivity index (χ1v) is 9.39. The fraction of sp³-hybridized carbons (Fsp3) is 0.526. The van der Waals surface area contributed by atoms with Crippen LogP contribution in [0.25, 0.3) is 0 Å². The van der Waals surface area contributed by atoms with Gasteiger partial charge in [0.15, 0.2) is 0 Å². The SMILES string of the molecule is CC(=O)NCC1CCN(C(=O)CCCNC(=O)c2ccc(Cl)cc2)CC1. The fourth-order valence-corrected chi connectivity index (χ4v) is 3.10. The third-order valence-electron chi connectivity index (χ3n) is 4.57. The average Bonchev–Trinajstić information content (AvgIpc) is 2.64. The maximum absolute atomic E-state index is 12.3. The lowest BCUT2D eigenvalue weighted by Gasteiger charge is -2.32. The highest BCUT2D eigenvalue weighted by Crippen LogP contribution is 2.17. The number of nitrogens with one attached hydrogen (secondary N) is 2. The molecule has 0 unspecified atom stereocenters. The van der Waals surface area contributed by atoms with Crippen LogP contribution in [0.4, 0.5) is 0 Å². The molecule has 7 heteroatoms. The van der Waals surface area contributed by atoms with Crippen LogP contribution < -0.4 is 10.6 Å². The van der Waals surface area contributed by atoms with E-state index in [-0.39, 0.29) is 17.7 Å². The van der Waals surface area contributed by atoms with Gasteiger partial charge in [-0.1, -0.05) is 11.6 Å². The molecule has 26 heavy (non-hydrogen) atoms. The number of amides is 3. The molecule has 1 heterocycles. The molecule has 142 valence electrons. The number of likely N-dealkylation sites (tertiary alicyclic amines) is 1. The molecule has 0 aromatic heterocycles. The minimum atomic E-state index is -0.159. The van der Waals surface area contributed by atoms with E-state index in [4.69, 9.17) is 11.6 Å². The van der Waals surface area contributed by atoms with Gasteiger partial charge < -0.3 is 15.5 Å². The Labute approximate surface area is 159 Å². The van der Waals surface area contributed by atoms with E-state index in [0.717, 1.165) is 25.9 Å². The first kappa shape index (κ1) is 20.2. The summed E-state index contributed by atoms with van der Waals surface area (Å²) in [5, 5.41) is 6.25. The molecule has 1 fully saturated rings. The van der Waals surface area contributed by atoms with Gasteiger partial charge in [-0.3, -0.25) is 14.4 Å². The second kappa shape index (κ2) is 10.2. The maximum Gasteiger partial charge on any atom is 0.251 e. The molecule has 6 nitrogen and oxygen atoms in total. The van der Waals surface area contributed by atoms with Gasteiger partial charge in [0.1, 0.15) is 0 Å². The summed E-state index contributed by atoms with van der Waals surface area (Å²) in [4.78, 5) is 37.0. The fourth-order valence-electron chi connectivity index (χ4n) is 2.98. The van der Waals surface area contributed by atoms with Crippen molar-refractivity contribution in [3.8, 4) is 0 Å². The highest BCUT2D eigenvalue weighted by molar-refractivity contribution is 6.30. The summed E-state index contributed by atoms with van der Waals surface area (Å²) in [6.07, 6.45) is 2.87. The number of hydrogen-bond acceptors (Lipinski definition) is 3. The Morgan fingerprint density at radius 2 is 1.77 bits per heavy atom. The third kappa shape index (κ3) is 6.67. The van der Waals surface area contributed by atoms with E-state index in [1.54, 1.807) is 24.3 Å². The third-order valence-corrected chi connectivity index (χ3v) is 4.82. The first-order valence-electron chi connectivity index (χ1n) is 9.01. The molecule has 1 saturated heterocycles. The molecule has 0 saturated carbocycles. The zero-order valence-electron chi connectivity index (χ0n) is 15.1.